The standard InChI is InChI=1S/C23H25ClN4O4S/c24-14-11-28(19-15(29)12-32-20(14)19)23(31)18(13-5-2-1-3-6-13)27-22(30)17-8-7-16(33-17)21-25-9-4-10-26-21/h4,7-10,13-14,18-20H,1-3,5-6,11-12H2,(H,27,30)/t14-,18-,19?,20+/m0/s1. The van der Waals surface area contributed by atoms with Gasteiger partial charge in [0.15, 0.2) is 11.6 Å². The number of hydrogen-bond donors (Lipinski definition) is 1. The molecule has 3 aliphatic rings. The van der Waals surface area contributed by atoms with Gasteiger partial charge in [0, 0.05) is 18.9 Å². The molecule has 174 valence electrons. The molecular formula is C23H25ClN4O4S. The van der Waals surface area contributed by atoms with Crippen LogP contribution in [0.4, 0.5) is 0 Å². The van der Waals surface area contributed by atoms with Crippen LogP contribution in [0.25, 0.3) is 10.7 Å². The highest BCUT2D eigenvalue weighted by Crippen LogP contribution is 2.34. The van der Waals surface area contributed by atoms with Crippen LogP contribution in [0.1, 0.15) is 41.8 Å². The number of carbonyl (C=O) groups is 3. The second kappa shape index (κ2) is 9.48. The van der Waals surface area contributed by atoms with Gasteiger partial charge in [-0.25, -0.2) is 9.97 Å². The molecular weight excluding hydrogens is 464 g/mol. The third-order valence-electron chi connectivity index (χ3n) is 6.70. The molecule has 33 heavy (non-hydrogen) atoms. The highest BCUT2D eigenvalue weighted by atomic mass is 35.5. The summed E-state index contributed by atoms with van der Waals surface area (Å²) in [7, 11) is 0. The van der Waals surface area contributed by atoms with E-state index in [1.165, 1.54) is 16.2 Å². The number of aromatic nitrogens is 2. The zero-order chi connectivity index (χ0) is 22.9. The average molecular weight is 489 g/mol. The molecule has 2 aromatic heterocycles. The van der Waals surface area contributed by atoms with Crippen molar-refractivity contribution in [1.82, 2.24) is 20.2 Å². The van der Waals surface area contributed by atoms with Gasteiger partial charge in [-0.3, -0.25) is 14.4 Å². The highest BCUT2D eigenvalue weighted by Gasteiger charge is 2.53. The summed E-state index contributed by atoms with van der Waals surface area (Å²) >= 11 is 7.69. The fraction of sp³-hybridized carbons (Fsp3) is 0.522. The van der Waals surface area contributed by atoms with E-state index in [9.17, 15) is 14.4 Å². The van der Waals surface area contributed by atoms with E-state index in [1.807, 2.05) is 6.07 Å². The van der Waals surface area contributed by atoms with Crippen LogP contribution in [0.5, 0.6) is 0 Å². The van der Waals surface area contributed by atoms with E-state index in [4.69, 9.17) is 16.3 Å². The Hall–Kier alpha value is -2.36. The van der Waals surface area contributed by atoms with Crippen LogP contribution in [0.2, 0.25) is 0 Å². The molecule has 4 atom stereocenters. The maximum atomic E-state index is 13.7. The van der Waals surface area contributed by atoms with Crippen LogP contribution < -0.4 is 5.32 Å². The van der Waals surface area contributed by atoms with Crippen LogP contribution in [0.15, 0.2) is 30.6 Å². The topological polar surface area (TPSA) is 101 Å². The van der Waals surface area contributed by atoms with E-state index in [0.717, 1.165) is 37.0 Å². The SMILES string of the molecule is O=C(N[C@H](C(=O)N1C[C@H](Cl)[C@H]2OCC(=O)C21)C1CCCCC1)c1ccc(-c2ncccn2)s1. The molecule has 0 radical (unpaired) electrons. The third-order valence-corrected chi connectivity index (χ3v) is 8.16. The molecule has 0 aromatic carbocycles. The quantitative estimate of drug-likeness (QED) is 0.649. The molecule has 2 aliphatic heterocycles. The second-order valence-electron chi connectivity index (χ2n) is 8.78. The number of halogens is 1. The molecule has 1 saturated carbocycles. The number of likely N-dealkylation sites (tertiary alicyclic amines) is 1. The Kier molecular flexibility index (Phi) is 6.44. The lowest BCUT2D eigenvalue weighted by Gasteiger charge is -2.34. The monoisotopic (exact) mass is 488 g/mol. The number of ether oxygens (including phenoxy) is 1. The molecule has 0 spiro atoms. The fourth-order valence-corrected chi connectivity index (χ4v) is 6.29. The number of thiophene rings is 1. The Balaban J connectivity index is 1.37. The van der Waals surface area contributed by atoms with Crippen molar-refractivity contribution in [3.05, 3.63) is 35.5 Å². The summed E-state index contributed by atoms with van der Waals surface area (Å²) < 4.78 is 5.53. The van der Waals surface area contributed by atoms with E-state index in [1.54, 1.807) is 24.5 Å². The number of ketones is 1. The zero-order valence-electron chi connectivity index (χ0n) is 18.0. The minimum atomic E-state index is -0.702. The maximum Gasteiger partial charge on any atom is 0.262 e. The lowest BCUT2D eigenvalue weighted by Crippen LogP contribution is -2.55. The van der Waals surface area contributed by atoms with Crippen LogP contribution in [0, 0.1) is 5.92 Å². The number of fused-ring (bicyclic) bond motifs is 1. The molecule has 1 N–H and O–H groups in total. The summed E-state index contributed by atoms with van der Waals surface area (Å²) in [5.74, 6) is -0.0977. The van der Waals surface area contributed by atoms with Crippen molar-refractivity contribution in [3.8, 4) is 10.7 Å². The number of amides is 2. The molecule has 3 fully saturated rings. The van der Waals surface area contributed by atoms with Gasteiger partial charge in [-0.15, -0.1) is 22.9 Å². The van der Waals surface area contributed by atoms with E-state index < -0.39 is 23.6 Å². The second-order valence-corrected chi connectivity index (χ2v) is 10.4. The van der Waals surface area contributed by atoms with Crippen molar-refractivity contribution in [1.29, 1.82) is 0 Å². The molecule has 10 heteroatoms. The number of nitrogens with zero attached hydrogens (tertiary/aromatic N) is 3. The molecule has 4 heterocycles. The molecule has 2 aromatic rings. The average Bonchev–Trinajstić information content (AvgIpc) is 3.56. The van der Waals surface area contributed by atoms with E-state index >= 15 is 0 Å². The van der Waals surface area contributed by atoms with Gasteiger partial charge in [-0.1, -0.05) is 19.3 Å². The smallest absolute Gasteiger partial charge is 0.262 e. The summed E-state index contributed by atoms with van der Waals surface area (Å²) in [6, 6.07) is 3.91. The Morgan fingerprint density at radius 2 is 1.94 bits per heavy atom. The lowest BCUT2D eigenvalue weighted by molar-refractivity contribution is -0.139. The fourth-order valence-electron chi connectivity index (χ4n) is 5.07. The first-order chi connectivity index (χ1) is 16.0. The number of carbonyl (C=O) groups excluding carboxylic acids is 3. The summed E-state index contributed by atoms with van der Waals surface area (Å²) in [6.45, 7) is 0.220. The Labute approximate surface area is 200 Å². The van der Waals surface area contributed by atoms with Crippen molar-refractivity contribution in [2.75, 3.05) is 13.2 Å². The van der Waals surface area contributed by atoms with Gasteiger partial charge < -0.3 is 15.0 Å². The van der Waals surface area contributed by atoms with Gasteiger partial charge in [0.25, 0.3) is 5.91 Å². The zero-order valence-corrected chi connectivity index (χ0v) is 19.6. The van der Waals surface area contributed by atoms with Gasteiger partial charge in [0.2, 0.25) is 5.91 Å². The Morgan fingerprint density at radius 3 is 2.70 bits per heavy atom. The first-order valence-corrected chi connectivity index (χ1v) is 12.5. The molecule has 8 nitrogen and oxygen atoms in total. The Bertz CT molecular complexity index is 1040. The normalized spacial score (nSPS) is 26.3. The molecule has 0 bridgehead atoms. The summed E-state index contributed by atoms with van der Waals surface area (Å²) in [6.07, 6.45) is 7.72. The number of rotatable bonds is 5. The first kappa shape index (κ1) is 22.4. The van der Waals surface area contributed by atoms with Crippen molar-refractivity contribution < 1.29 is 19.1 Å². The van der Waals surface area contributed by atoms with Crippen LogP contribution in [-0.4, -0.2) is 69.2 Å². The lowest BCUT2D eigenvalue weighted by atomic mass is 9.83. The van der Waals surface area contributed by atoms with E-state index in [2.05, 4.69) is 15.3 Å². The number of nitrogens with one attached hydrogen (secondary N) is 1. The molecule has 2 amide bonds. The summed E-state index contributed by atoms with van der Waals surface area (Å²) in [5, 5.41) is 2.57. The number of Topliss-reactive ketones (excluding diaryl/α,β-unsaturated/α-hetero) is 1. The van der Waals surface area contributed by atoms with Crippen molar-refractivity contribution >= 4 is 40.5 Å². The summed E-state index contributed by atoms with van der Waals surface area (Å²) in [4.78, 5) is 50.6. The Morgan fingerprint density at radius 1 is 1.18 bits per heavy atom. The van der Waals surface area contributed by atoms with Crippen molar-refractivity contribution in [2.45, 2.75) is 55.7 Å². The van der Waals surface area contributed by atoms with Crippen LogP contribution in [-0.2, 0) is 14.3 Å². The molecule has 1 aliphatic carbocycles. The van der Waals surface area contributed by atoms with Crippen LogP contribution >= 0.6 is 22.9 Å². The van der Waals surface area contributed by atoms with Crippen molar-refractivity contribution in [3.63, 3.8) is 0 Å². The van der Waals surface area contributed by atoms with Crippen LogP contribution in [0.3, 0.4) is 0 Å². The van der Waals surface area contributed by atoms with Gasteiger partial charge in [0.05, 0.1) is 15.1 Å². The summed E-state index contributed by atoms with van der Waals surface area (Å²) in [5.41, 5.74) is 0. The van der Waals surface area contributed by atoms with Gasteiger partial charge >= 0.3 is 0 Å². The molecule has 1 unspecified atom stereocenters. The number of alkyl halides is 1. The van der Waals surface area contributed by atoms with Gasteiger partial charge in [-0.05, 0) is 37.0 Å². The maximum absolute atomic E-state index is 13.7. The van der Waals surface area contributed by atoms with Gasteiger partial charge in [-0.2, -0.15) is 0 Å². The highest BCUT2D eigenvalue weighted by molar-refractivity contribution is 7.17. The third kappa shape index (κ3) is 4.41. The number of hydrogen-bond acceptors (Lipinski definition) is 7. The first-order valence-electron chi connectivity index (χ1n) is 11.3. The van der Waals surface area contributed by atoms with E-state index in [0.29, 0.717) is 10.7 Å². The minimum absolute atomic E-state index is 0.0253. The minimum Gasteiger partial charge on any atom is -0.366 e. The predicted octanol–water partition coefficient (Wildman–Crippen LogP) is 2.67. The predicted molar refractivity (Wildman–Crippen MR) is 123 cm³/mol. The molecule has 5 rings (SSSR count). The largest absolute Gasteiger partial charge is 0.366 e. The molecule has 2 saturated heterocycles. The van der Waals surface area contributed by atoms with E-state index in [-0.39, 0.29) is 36.7 Å². The van der Waals surface area contributed by atoms with Crippen molar-refractivity contribution in [2.24, 2.45) is 5.92 Å². The van der Waals surface area contributed by atoms with Gasteiger partial charge in [0.1, 0.15) is 24.8 Å².